The summed E-state index contributed by atoms with van der Waals surface area (Å²) in [6.07, 6.45) is -5.15. The van der Waals surface area contributed by atoms with Crippen LogP contribution in [0.1, 0.15) is 53.1 Å². The summed E-state index contributed by atoms with van der Waals surface area (Å²) in [5, 5.41) is 9.26. The van der Waals surface area contributed by atoms with Gasteiger partial charge in [0.15, 0.2) is 5.69 Å². The predicted molar refractivity (Wildman–Crippen MR) is 95.2 cm³/mol. The van der Waals surface area contributed by atoms with Gasteiger partial charge in [0.1, 0.15) is 5.65 Å². The van der Waals surface area contributed by atoms with Crippen molar-refractivity contribution in [2.75, 3.05) is 0 Å². The number of imidazole rings is 1. The molecule has 10 heteroatoms. The molecule has 0 aliphatic heterocycles. The van der Waals surface area contributed by atoms with Gasteiger partial charge in [-0.2, -0.15) is 13.2 Å². The summed E-state index contributed by atoms with van der Waals surface area (Å²) in [5.74, 6) is -4.32. The molecule has 0 aromatic carbocycles. The molecule has 148 valence electrons. The van der Waals surface area contributed by atoms with Crippen LogP contribution in [0.3, 0.4) is 0 Å². The fourth-order valence-electron chi connectivity index (χ4n) is 3.58. The van der Waals surface area contributed by atoms with Gasteiger partial charge in [-0.05, 0) is 60.8 Å². The Morgan fingerprint density at radius 2 is 1.96 bits per heavy atom. The van der Waals surface area contributed by atoms with E-state index in [1.807, 2.05) is 0 Å². The van der Waals surface area contributed by atoms with E-state index in [0.717, 1.165) is 6.07 Å². The molecule has 0 atom stereocenters. The first-order chi connectivity index (χ1) is 12.4. The van der Waals surface area contributed by atoms with Gasteiger partial charge in [0.05, 0.1) is 11.3 Å². The third-order valence-corrected chi connectivity index (χ3v) is 6.34. The second kappa shape index (κ2) is 6.85. The second-order valence-electron chi connectivity index (χ2n) is 6.86. The molecule has 3 rings (SSSR count). The Kier molecular flexibility index (Phi) is 5.15. The van der Waals surface area contributed by atoms with Crippen LogP contribution in [0.4, 0.5) is 22.0 Å². The first kappa shape index (κ1) is 20.3. The van der Waals surface area contributed by atoms with E-state index in [1.165, 1.54) is 11.3 Å². The second-order valence-corrected chi connectivity index (χ2v) is 7.94. The van der Waals surface area contributed by atoms with Crippen molar-refractivity contribution in [1.29, 1.82) is 0 Å². The van der Waals surface area contributed by atoms with E-state index >= 15 is 0 Å². The molecule has 27 heavy (non-hydrogen) atoms. The minimum atomic E-state index is -4.72. The molecule has 4 nitrogen and oxygen atoms in total. The van der Waals surface area contributed by atoms with Crippen LogP contribution in [0.2, 0.25) is 0 Å². The number of halogens is 6. The zero-order chi connectivity index (χ0) is 20.1. The van der Waals surface area contributed by atoms with Crippen LogP contribution in [0.5, 0.6) is 0 Å². The molecule has 1 N–H and O–H groups in total. The minimum Gasteiger partial charge on any atom is -0.478 e. The monoisotopic (exact) mass is 502 g/mol. The van der Waals surface area contributed by atoms with Gasteiger partial charge in [-0.1, -0.05) is 0 Å². The van der Waals surface area contributed by atoms with E-state index in [4.69, 9.17) is 0 Å². The molecule has 2 aromatic rings. The zero-order valence-corrected chi connectivity index (χ0v) is 16.4. The number of nitrogens with zero attached hydrogens (tertiary/aromatic N) is 2. The van der Waals surface area contributed by atoms with Crippen molar-refractivity contribution >= 4 is 34.2 Å². The van der Waals surface area contributed by atoms with Crippen LogP contribution in [0, 0.1) is 16.4 Å². The maximum absolute atomic E-state index is 13.5. The maximum atomic E-state index is 13.5. The lowest BCUT2D eigenvalue weighted by molar-refractivity contribution is -0.141. The largest absolute Gasteiger partial charge is 0.478 e. The van der Waals surface area contributed by atoms with Crippen LogP contribution < -0.4 is 0 Å². The average Bonchev–Trinajstić information content (AvgIpc) is 2.91. The van der Waals surface area contributed by atoms with Gasteiger partial charge in [0, 0.05) is 22.1 Å². The van der Waals surface area contributed by atoms with Crippen LogP contribution in [0.25, 0.3) is 5.65 Å². The number of hydrogen-bond donors (Lipinski definition) is 1. The topological polar surface area (TPSA) is 54.6 Å². The summed E-state index contributed by atoms with van der Waals surface area (Å²) >= 11 is 1.78. The lowest BCUT2D eigenvalue weighted by Gasteiger charge is -2.28. The van der Waals surface area contributed by atoms with Crippen LogP contribution >= 0.6 is 22.6 Å². The Labute approximate surface area is 164 Å². The Morgan fingerprint density at radius 1 is 1.37 bits per heavy atom. The summed E-state index contributed by atoms with van der Waals surface area (Å²) < 4.78 is 69.0. The van der Waals surface area contributed by atoms with E-state index in [-0.39, 0.29) is 54.9 Å². The van der Waals surface area contributed by atoms with Crippen molar-refractivity contribution in [3.8, 4) is 0 Å². The highest BCUT2D eigenvalue weighted by molar-refractivity contribution is 14.1. The van der Waals surface area contributed by atoms with E-state index in [1.54, 1.807) is 22.6 Å². The van der Waals surface area contributed by atoms with Crippen molar-refractivity contribution < 1.29 is 31.9 Å². The van der Waals surface area contributed by atoms with Gasteiger partial charge >= 0.3 is 12.1 Å². The molecule has 1 saturated carbocycles. The van der Waals surface area contributed by atoms with Gasteiger partial charge in [-0.15, -0.1) is 0 Å². The number of alkyl halides is 5. The highest BCUT2D eigenvalue weighted by atomic mass is 127. The number of pyridine rings is 1. The van der Waals surface area contributed by atoms with Gasteiger partial charge in [0.25, 0.3) is 0 Å². The van der Waals surface area contributed by atoms with Crippen molar-refractivity contribution in [3.63, 3.8) is 0 Å². The molecule has 1 fully saturated rings. The smallest absolute Gasteiger partial charge is 0.435 e. The minimum absolute atomic E-state index is 0.0323. The molecule has 0 radical (unpaired) electrons. The number of rotatable bonds is 3. The molecule has 0 unspecified atom stereocenters. The van der Waals surface area contributed by atoms with Gasteiger partial charge in [-0.3, -0.25) is 4.40 Å². The SMILES string of the molecule is Cc1c(I)c(C(=O)O)cc2nc(C(F)(F)F)c(CC3CCC(F)(F)CC3)n12. The number of carbonyl (C=O) groups is 1. The standard InChI is InChI=1S/C17H16F5IN2O2/c1-8-13(23)10(15(26)27)7-12-24-14(17(20,21)22)11(25(8)12)6-9-2-4-16(18,19)5-3-9/h7,9H,2-6H2,1H3,(H,26,27). The summed E-state index contributed by atoms with van der Waals surface area (Å²) in [6, 6.07) is 1.12. The van der Waals surface area contributed by atoms with Crippen LogP contribution in [0.15, 0.2) is 6.07 Å². The summed E-state index contributed by atoms with van der Waals surface area (Å²) in [5.41, 5.74) is -1.07. The van der Waals surface area contributed by atoms with Gasteiger partial charge in [0.2, 0.25) is 5.92 Å². The fourth-order valence-corrected chi connectivity index (χ4v) is 4.21. The molecule has 0 amide bonds. The lowest BCUT2D eigenvalue weighted by Crippen LogP contribution is -2.26. The Bertz CT molecular complexity index is 897. The molecule has 0 spiro atoms. The maximum Gasteiger partial charge on any atom is 0.435 e. The van der Waals surface area contributed by atoms with Crippen LogP contribution in [-0.4, -0.2) is 26.4 Å². The van der Waals surface area contributed by atoms with E-state index in [0.29, 0.717) is 9.26 Å². The van der Waals surface area contributed by atoms with E-state index < -0.39 is 23.8 Å². The molecule has 2 aromatic heterocycles. The lowest BCUT2D eigenvalue weighted by atomic mass is 9.83. The summed E-state index contributed by atoms with van der Waals surface area (Å²) in [6.45, 7) is 1.53. The van der Waals surface area contributed by atoms with Crippen molar-refractivity contribution in [1.82, 2.24) is 9.38 Å². The highest BCUT2D eigenvalue weighted by Gasteiger charge is 2.41. The van der Waals surface area contributed by atoms with Crippen molar-refractivity contribution in [2.24, 2.45) is 5.92 Å². The fraction of sp³-hybridized carbons (Fsp3) is 0.529. The van der Waals surface area contributed by atoms with Crippen molar-refractivity contribution in [3.05, 3.63) is 32.3 Å². The molecule has 1 aliphatic carbocycles. The predicted octanol–water partition coefficient (Wildman–Crippen LogP) is 5.33. The summed E-state index contributed by atoms with van der Waals surface area (Å²) in [4.78, 5) is 15.0. The Hall–Kier alpha value is -1.46. The van der Waals surface area contributed by atoms with Crippen molar-refractivity contribution in [2.45, 2.75) is 51.1 Å². The number of hydrogen-bond acceptors (Lipinski definition) is 2. The average molecular weight is 502 g/mol. The highest BCUT2D eigenvalue weighted by Crippen LogP contribution is 2.40. The third-order valence-electron chi connectivity index (χ3n) is 4.98. The molecule has 0 bridgehead atoms. The van der Waals surface area contributed by atoms with E-state index in [9.17, 15) is 31.9 Å². The first-order valence-corrected chi connectivity index (χ1v) is 9.37. The van der Waals surface area contributed by atoms with E-state index in [2.05, 4.69) is 4.98 Å². The first-order valence-electron chi connectivity index (χ1n) is 8.29. The zero-order valence-electron chi connectivity index (χ0n) is 14.2. The molecular formula is C17H16F5IN2O2. The summed E-state index contributed by atoms with van der Waals surface area (Å²) in [7, 11) is 0. The Balaban J connectivity index is 2.12. The number of fused-ring (bicyclic) bond motifs is 1. The number of aromatic nitrogens is 2. The normalized spacial score (nSPS) is 18.2. The third kappa shape index (κ3) is 3.90. The Morgan fingerprint density at radius 3 is 2.48 bits per heavy atom. The number of carboxylic acid groups (broad SMARTS) is 1. The molecule has 0 saturated heterocycles. The number of aromatic carboxylic acids is 1. The number of aryl methyl sites for hydroxylation is 1. The van der Waals surface area contributed by atoms with Gasteiger partial charge in [-0.25, -0.2) is 18.6 Å². The molecule has 2 heterocycles. The number of carboxylic acids is 1. The molecule has 1 aliphatic rings. The van der Waals surface area contributed by atoms with Crippen LogP contribution in [-0.2, 0) is 12.6 Å². The van der Waals surface area contributed by atoms with Gasteiger partial charge < -0.3 is 5.11 Å². The quantitative estimate of drug-likeness (QED) is 0.456. The molecular weight excluding hydrogens is 486 g/mol.